The van der Waals surface area contributed by atoms with E-state index in [0.29, 0.717) is 0 Å². The molecule has 1 atom stereocenters. The van der Waals surface area contributed by atoms with Crippen LogP contribution in [0.2, 0.25) is 0 Å². The molecule has 0 bridgehead atoms. The summed E-state index contributed by atoms with van der Waals surface area (Å²) < 4.78 is 12.4. The first-order valence-corrected chi connectivity index (χ1v) is 4.78. The molecule has 0 spiro atoms. The molecule has 0 amide bonds. The lowest BCUT2D eigenvalue weighted by atomic mass is 10.2. The van der Waals surface area contributed by atoms with E-state index in [0.717, 1.165) is 5.56 Å². The smallest absolute Gasteiger partial charge is 0.189 e. The SMILES string of the molecule is CC(F)C(=O)/C=C/C=C/c1ccccc1. The standard InChI is InChI=1S/C13H13FO/c1-11(14)13(15)10-6-5-9-12-7-3-2-4-8-12/h2-11H,1H3/b9-5+,10-6+. The third-order valence-electron chi connectivity index (χ3n) is 1.85. The Morgan fingerprint density at radius 2 is 1.93 bits per heavy atom. The van der Waals surface area contributed by atoms with Gasteiger partial charge >= 0.3 is 0 Å². The Balaban J connectivity index is 2.50. The van der Waals surface area contributed by atoms with E-state index < -0.39 is 12.0 Å². The normalized spacial score (nSPS) is 13.5. The van der Waals surface area contributed by atoms with Gasteiger partial charge in [-0.15, -0.1) is 0 Å². The van der Waals surface area contributed by atoms with Crippen molar-refractivity contribution in [2.45, 2.75) is 13.1 Å². The van der Waals surface area contributed by atoms with Crippen LogP contribution < -0.4 is 0 Å². The predicted molar refractivity (Wildman–Crippen MR) is 60.2 cm³/mol. The second-order valence-corrected chi connectivity index (χ2v) is 3.15. The van der Waals surface area contributed by atoms with Crippen molar-refractivity contribution in [2.24, 2.45) is 0 Å². The zero-order valence-corrected chi connectivity index (χ0v) is 8.56. The molecule has 1 aromatic rings. The lowest BCUT2D eigenvalue weighted by Gasteiger charge is -1.91. The van der Waals surface area contributed by atoms with Crippen LogP contribution in [0.15, 0.2) is 48.6 Å². The van der Waals surface area contributed by atoms with Gasteiger partial charge in [-0.3, -0.25) is 4.79 Å². The number of halogens is 1. The summed E-state index contributed by atoms with van der Waals surface area (Å²) in [5.41, 5.74) is 1.04. The van der Waals surface area contributed by atoms with Crippen molar-refractivity contribution in [1.29, 1.82) is 0 Å². The monoisotopic (exact) mass is 204 g/mol. The van der Waals surface area contributed by atoms with Crippen molar-refractivity contribution < 1.29 is 9.18 Å². The minimum atomic E-state index is -1.42. The van der Waals surface area contributed by atoms with Crippen LogP contribution >= 0.6 is 0 Å². The van der Waals surface area contributed by atoms with Crippen molar-refractivity contribution in [3.05, 3.63) is 54.1 Å². The van der Waals surface area contributed by atoms with E-state index >= 15 is 0 Å². The minimum Gasteiger partial charge on any atom is -0.292 e. The Morgan fingerprint density at radius 3 is 2.53 bits per heavy atom. The summed E-state index contributed by atoms with van der Waals surface area (Å²) in [7, 11) is 0. The number of carbonyl (C=O) groups is 1. The van der Waals surface area contributed by atoms with Crippen molar-refractivity contribution in [3.63, 3.8) is 0 Å². The molecular formula is C13H13FO. The van der Waals surface area contributed by atoms with Gasteiger partial charge < -0.3 is 0 Å². The molecule has 0 aliphatic rings. The zero-order valence-electron chi connectivity index (χ0n) is 8.56. The summed E-state index contributed by atoms with van der Waals surface area (Å²) in [6, 6.07) is 9.69. The largest absolute Gasteiger partial charge is 0.292 e. The van der Waals surface area contributed by atoms with Crippen LogP contribution in [0.4, 0.5) is 4.39 Å². The highest BCUT2D eigenvalue weighted by Crippen LogP contribution is 2.01. The number of allylic oxidation sites excluding steroid dienone is 3. The Bertz CT molecular complexity index is 363. The van der Waals surface area contributed by atoms with Crippen LogP contribution in [0.3, 0.4) is 0 Å². The van der Waals surface area contributed by atoms with Crippen LogP contribution in [0, 0.1) is 0 Å². The summed E-state index contributed by atoms with van der Waals surface area (Å²) in [4.78, 5) is 10.9. The average Bonchev–Trinajstić information content (AvgIpc) is 2.25. The molecule has 0 aliphatic carbocycles. The number of carbonyl (C=O) groups excluding carboxylic acids is 1. The van der Waals surface area contributed by atoms with E-state index in [4.69, 9.17) is 0 Å². The summed E-state index contributed by atoms with van der Waals surface area (Å²) in [5, 5.41) is 0. The molecule has 1 unspecified atom stereocenters. The maximum Gasteiger partial charge on any atom is 0.189 e. The van der Waals surface area contributed by atoms with E-state index in [1.807, 2.05) is 36.4 Å². The first-order chi connectivity index (χ1) is 7.20. The highest BCUT2D eigenvalue weighted by Gasteiger charge is 2.04. The molecule has 0 saturated carbocycles. The number of rotatable bonds is 4. The summed E-state index contributed by atoms with van der Waals surface area (Å²) >= 11 is 0. The third-order valence-corrected chi connectivity index (χ3v) is 1.85. The molecule has 1 nitrogen and oxygen atoms in total. The Morgan fingerprint density at radius 1 is 1.27 bits per heavy atom. The quantitative estimate of drug-likeness (QED) is 0.543. The molecule has 0 radical (unpaired) electrons. The molecule has 0 heterocycles. The Labute approximate surface area is 88.9 Å². The van der Waals surface area contributed by atoms with Crippen molar-refractivity contribution in [3.8, 4) is 0 Å². The molecular weight excluding hydrogens is 191 g/mol. The van der Waals surface area contributed by atoms with E-state index in [-0.39, 0.29) is 0 Å². The second kappa shape index (κ2) is 5.91. The van der Waals surface area contributed by atoms with Gasteiger partial charge in [0.25, 0.3) is 0 Å². The molecule has 0 aromatic heterocycles. The molecule has 0 N–H and O–H groups in total. The first-order valence-electron chi connectivity index (χ1n) is 4.78. The number of hydrogen-bond donors (Lipinski definition) is 0. The van der Waals surface area contributed by atoms with Gasteiger partial charge in [-0.25, -0.2) is 4.39 Å². The lowest BCUT2D eigenvalue weighted by Crippen LogP contribution is -2.06. The fourth-order valence-electron chi connectivity index (χ4n) is 1.01. The van der Waals surface area contributed by atoms with E-state index in [1.165, 1.54) is 13.0 Å². The maximum atomic E-state index is 12.4. The van der Waals surface area contributed by atoms with E-state index in [1.54, 1.807) is 12.2 Å². The van der Waals surface area contributed by atoms with Crippen molar-refractivity contribution in [2.75, 3.05) is 0 Å². The van der Waals surface area contributed by atoms with Crippen LogP contribution in [-0.4, -0.2) is 12.0 Å². The van der Waals surface area contributed by atoms with Gasteiger partial charge in [0.05, 0.1) is 0 Å². The Hall–Kier alpha value is -1.70. The van der Waals surface area contributed by atoms with Crippen molar-refractivity contribution >= 4 is 11.9 Å². The van der Waals surface area contributed by atoms with Gasteiger partial charge in [-0.2, -0.15) is 0 Å². The van der Waals surface area contributed by atoms with Crippen LogP contribution in [0.5, 0.6) is 0 Å². The fourth-order valence-corrected chi connectivity index (χ4v) is 1.01. The third kappa shape index (κ3) is 4.36. The van der Waals surface area contributed by atoms with Crippen LogP contribution in [-0.2, 0) is 4.79 Å². The number of ketones is 1. The summed E-state index contributed by atoms with van der Waals surface area (Å²) in [5.74, 6) is -0.507. The molecule has 0 fully saturated rings. The number of hydrogen-bond acceptors (Lipinski definition) is 1. The van der Waals surface area contributed by atoms with E-state index in [9.17, 15) is 9.18 Å². The van der Waals surface area contributed by atoms with Crippen molar-refractivity contribution in [1.82, 2.24) is 0 Å². The number of benzene rings is 1. The summed E-state index contributed by atoms with van der Waals surface area (Å²) in [6.45, 7) is 1.23. The van der Waals surface area contributed by atoms with Gasteiger partial charge in [0.15, 0.2) is 12.0 Å². The predicted octanol–water partition coefficient (Wildman–Crippen LogP) is 3.18. The average molecular weight is 204 g/mol. The second-order valence-electron chi connectivity index (χ2n) is 3.15. The lowest BCUT2D eigenvalue weighted by molar-refractivity contribution is -0.118. The van der Waals surface area contributed by atoms with Gasteiger partial charge in [0, 0.05) is 0 Å². The molecule has 78 valence electrons. The van der Waals surface area contributed by atoms with Gasteiger partial charge in [-0.1, -0.05) is 48.6 Å². The maximum absolute atomic E-state index is 12.4. The van der Waals surface area contributed by atoms with Crippen LogP contribution in [0.25, 0.3) is 6.08 Å². The first kappa shape index (κ1) is 11.4. The topological polar surface area (TPSA) is 17.1 Å². The fraction of sp³-hybridized carbons (Fsp3) is 0.154. The summed E-state index contributed by atoms with van der Waals surface area (Å²) in [6.07, 6.45) is 4.93. The van der Waals surface area contributed by atoms with E-state index in [2.05, 4.69) is 0 Å². The van der Waals surface area contributed by atoms with Gasteiger partial charge in [0.2, 0.25) is 0 Å². The Kier molecular flexibility index (Phi) is 4.48. The molecule has 2 heteroatoms. The van der Waals surface area contributed by atoms with Gasteiger partial charge in [0.1, 0.15) is 0 Å². The minimum absolute atomic E-state index is 0.507. The zero-order chi connectivity index (χ0) is 11.1. The molecule has 1 aromatic carbocycles. The molecule has 15 heavy (non-hydrogen) atoms. The highest BCUT2D eigenvalue weighted by atomic mass is 19.1. The molecule has 1 rings (SSSR count). The van der Waals surface area contributed by atoms with Gasteiger partial charge in [-0.05, 0) is 18.6 Å². The highest BCUT2D eigenvalue weighted by molar-refractivity contribution is 5.93. The molecule has 0 saturated heterocycles. The molecule has 0 aliphatic heterocycles. The van der Waals surface area contributed by atoms with Crippen LogP contribution in [0.1, 0.15) is 12.5 Å². The number of alkyl halides is 1.